The zero-order valence-electron chi connectivity index (χ0n) is 13.2. The molecule has 0 bridgehead atoms. The third-order valence-corrected chi connectivity index (χ3v) is 4.12. The maximum absolute atomic E-state index is 11.8. The molecule has 1 fully saturated rings. The molecule has 1 N–H and O–H groups in total. The van der Waals surface area contributed by atoms with E-state index in [1.54, 1.807) is 24.3 Å². The van der Waals surface area contributed by atoms with Gasteiger partial charge in [-0.1, -0.05) is 23.7 Å². The minimum absolute atomic E-state index is 0.194. The average Bonchev–Trinajstić information content (AvgIpc) is 3.11. The quantitative estimate of drug-likeness (QED) is 0.603. The van der Waals surface area contributed by atoms with Crippen LogP contribution in [-0.4, -0.2) is 53.8 Å². The van der Waals surface area contributed by atoms with Crippen molar-refractivity contribution in [2.45, 2.75) is 0 Å². The first kappa shape index (κ1) is 17.6. The smallest absolute Gasteiger partial charge is 0.278 e. The lowest BCUT2D eigenvalue weighted by Gasteiger charge is -2.26. The summed E-state index contributed by atoms with van der Waals surface area (Å²) >= 11 is 6.85. The lowest BCUT2D eigenvalue weighted by molar-refractivity contribution is -0.123. The maximum Gasteiger partial charge on any atom is 0.278 e. The molecule has 132 valence electrons. The Morgan fingerprint density at radius 3 is 2.88 bits per heavy atom. The second-order valence-corrected chi connectivity index (χ2v) is 6.09. The second-order valence-electron chi connectivity index (χ2n) is 5.13. The number of anilines is 1. The average molecular weight is 382 g/mol. The Hall–Kier alpha value is -2.23. The lowest BCUT2D eigenvalue weighted by Crippen LogP contribution is -2.36. The Balaban J connectivity index is 1.48. The summed E-state index contributed by atoms with van der Waals surface area (Å²) in [6.45, 7) is 2.52. The predicted molar refractivity (Wildman–Crippen MR) is 95.6 cm³/mol. The molecular formula is C15H16ClN5O3S. The molecule has 0 unspecified atom stereocenters. The molecule has 1 aliphatic rings. The van der Waals surface area contributed by atoms with E-state index in [2.05, 4.69) is 19.3 Å². The molecule has 2 aromatic rings. The highest BCUT2D eigenvalue weighted by atomic mass is 35.5. The van der Waals surface area contributed by atoms with Crippen LogP contribution in [0.3, 0.4) is 0 Å². The van der Waals surface area contributed by atoms with Crippen molar-refractivity contribution in [3.8, 4) is 5.88 Å². The van der Waals surface area contributed by atoms with Gasteiger partial charge in [-0.25, -0.2) is 5.43 Å². The van der Waals surface area contributed by atoms with Crippen molar-refractivity contribution in [1.29, 1.82) is 0 Å². The summed E-state index contributed by atoms with van der Waals surface area (Å²) < 4.78 is 19.1. The number of carbonyl (C=O) groups is 1. The number of hydrazone groups is 1. The van der Waals surface area contributed by atoms with Gasteiger partial charge in [0.05, 0.1) is 31.2 Å². The molecule has 3 rings (SSSR count). The number of hydrogen-bond donors (Lipinski definition) is 1. The van der Waals surface area contributed by atoms with Crippen LogP contribution in [0, 0.1) is 0 Å². The van der Waals surface area contributed by atoms with E-state index in [0.717, 1.165) is 30.4 Å². The summed E-state index contributed by atoms with van der Waals surface area (Å²) in [4.78, 5) is 13.8. The highest BCUT2D eigenvalue weighted by Crippen LogP contribution is 2.26. The molecule has 0 spiro atoms. The summed E-state index contributed by atoms with van der Waals surface area (Å²) in [5.74, 6) is 0.612. The summed E-state index contributed by atoms with van der Waals surface area (Å²) in [5, 5.41) is 4.52. The fraction of sp³-hybridized carbons (Fsp3) is 0.333. The highest BCUT2D eigenvalue weighted by molar-refractivity contribution is 6.99. The molecule has 0 saturated carbocycles. The molecule has 25 heavy (non-hydrogen) atoms. The summed E-state index contributed by atoms with van der Waals surface area (Å²) in [7, 11) is 0. The van der Waals surface area contributed by atoms with Crippen LogP contribution in [0.4, 0.5) is 5.82 Å². The van der Waals surface area contributed by atoms with Crippen molar-refractivity contribution in [2.75, 3.05) is 37.8 Å². The van der Waals surface area contributed by atoms with Crippen LogP contribution < -0.4 is 15.1 Å². The number of carbonyl (C=O) groups excluding carboxylic acids is 1. The first-order valence-electron chi connectivity index (χ1n) is 7.58. The number of ether oxygens (including phenoxy) is 2. The standard InChI is InChI=1S/C15H16ClN5O3S/c16-12-3-1-11(2-4-12)9-17-18-13(22)10-24-15-14(19-25-20-15)21-5-7-23-8-6-21/h1-4,9H,5-8,10H2,(H,18,22)/b17-9+. The molecular weight excluding hydrogens is 366 g/mol. The zero-order valence-corrected chi connectivity index (χ0v) is 14.8. The predicted octanol–water partition coefficient (Wildman–Crippen LogP) is 1.56. The Morgan fingerprint density at radius 1 is 1.36 bits per heavy atom. The molecule has 0 radical (unpaired) electrons. The number of halogens is 1. The van der Waals surface area contributed by atoms with E-state index in [0.29, 0.717) is 29.9 Å². The van der Waals surface area contributed by atoms with Crippen molar-refractivity contribution < 1.29 is 14.3 Å². The van der Waals surface area contributed by atoms with Crippen LogP contribution >= 0.6 is 23.3 Å². The molecule has 8 nitrogen and oxygen atoms in total. The van der Waals surface area contributed by atoms with Crippen molar-refractivity contribution in [2.24, 2.45) is 5.10 Å². The monoisotopic (exact) mass is 381 g/mol. The zero-order chi connectivity index (χ0) is 17.5. The lowest BCUT2D eigenvalue weighted by atomic mass is 10.2. The molecule has 0 aliphatic carbocycles. The van der Waals surface area contributed by atoms with Gasteiger partial charge >= 0.3 is 0 Å². The summed E-state index contributed by atoms with van der Waals surface area (Å²) in [5.41, 5.74) is 3.22. The van der Waals surface area contributed by atoms with E-state index < -0.39 is 0 Å². The molecule has 1 aromatic heterocycles. The van der Waals surface area contributed by atoms with Crippen LogP contribution in [0.15, 0.2) is 29.4 Å². The Morgan fingerprint density at radius 2 is 2.12 bits per heavy atom. The van der Waals surface area contributed by atoms with Gasteiger partial charge in [0.2, 0.25) is 5.82 Å². The third-order valence-electron chi connectivity index (χ3n) is 3.37. The number of rotatable bonds is 6. The van der Waals surface area contributed by atoms with E-state index in [4.69, 9.17) is 21.1 Å². The van der Waals surface area contributed by atoms with Gasteiger partial charge in [-0.15, -0.1) is 4.37 Å². The Bertz CT molecular complexity index is 731. The van der Waals surface area contributed by atoms with Gasteiger partial charge in [-0.05, 0) is 17.7 Å². The van der Waals surface area contributed by atoms with Crippen molar-refractivity contribution >= 4 is 41.3 Å². The first-order chi connectivity index (χ1) is 12.2. The van der Waals surface area contributed by atoms with Crippen LogP contribution in [0.5, 0.6) is 5.88 Å². The Kier molecular flexibility index (Phi) is 6.15. The molecule has 2 heterocycles. The van der Waals surface area contributed by atoms with E-state index in [1.807, 2.05) is 4.90 Å². The number of benzene rings is 1. The van der Waals surface area contributed by atoms with Gasteiger partial charge in [-0.2, -0.15) is 9.47 Å². The van der Waals surface area contributed by atoms with Crippen molar-refractivity contribution in [3.05, 3.63) is 34.9 Å². The van der Waals surface area contributed by atoms with Crippen LogP contribution in [0.25, 0.3) is 0 Å². The maximum atomic E-state index is 11.8. The fourth-order valence-corrected chi connectivity index (χ4v) is 2.78. The number of aromatic nitrogens is 2. The molecule has 0 atom stereocenters. The Labute approximate surface area is 153 Å². The number of morpholine rings is 1. The van der Waals surface area contributed by atoms with Crippen LogP contribution in [-0.2, 0) is 9.53 Å². The second kappa shape index (κ2) is 8.75. The van der Waals surface area contributed by atoms with Gasteiger partial charge in [0.15, 0.2) is 6.61 Å². The van der Waals surface area contributed by atoms with Crippen LogP contribution in [0.2, 0.25) is 5.02 Å². The van der Waals surface area contributed by atoms with Gasteiger partial charge in [0.25, 0.3) is 11.8 Å². The van der Waals surface area contributed by atoms with Crippen molar-refractivity contribution in [1.82, 2.24) is 14.2 Å². The molecule has 10 heteroatoms. The topological polar surface area (TPSA) is 88.9 Å². The van der Waals surface area contributed by atoms with Gasteiger partial charge in [0, 0.05) is 18.1 Å². The number of nitrogens with one attached hydrogen (secondary N) is 1. The number of hydrogen-bond acceptors (Lipinski definition) is 8. The number of amides is 1. The summed E-state index contributed by atoms with van der Waals surface area (Å²) in [6, 6.07) is 7.08. The summed E-state index contributed by atoms with van der Waals surface area (Å²) in [6.07, 6.45) is 1.53. The van der Waals surface area contributed by atoms with E-state index >= 15 is 0 Å². The molecule has 1 amide bonds. The van der Waals surface area contributed by atoms with Crippen LogP contribution in [0.1, 0.15) is 5.56 Å². The van der Waals surface area contributed by atoms with Gasteiger partial charge < -0.3 is 14.4 Å². The van der Waals surface area contributed by atoms with Gasteiger partial charge in [0.1, 0.15) is 0 Å². The van der Waals surface area contributed by atoms with E-state index in [1.165, 1.54) is 6.21 Å². The highest BCUT2D eigenvalue weighted by Gasteiger charge is 2.20. The largest absolute Gasteiger partial charge is 0.464 e. The van der Waals surface area contributed by atoms with Gasteiger partial charge in [-0.3, -0.25) is 4.79 Å². The van der Waals surface area contributed by atoms with E-state index in [-0.39, 0.29) is 12.5 Å². The van der Waals surface area contributed by atoms with Crippen molar-refractivity contribution in [3.63, 3.8) is 0 Å². The molecule has 1 aromatic carbocycles. The fourth-order valence-electron chi connectivity index (χ4n) is 2.13. The SMILES string of the molecule is O=C(COc1nsnc1N1CCOCC1)N/N=C/c1ccc(Cl)cc1. The van der Waals surface area contributed by atoms with E-state index in [9.17, 15) is 4.79 Å². The molecule has 1 aliphatic heterocycles. The first-order valence-corrected chi connectivity index (χ1v) is 8.69. The normalized spacial score (nSPS) is 14.7. The minimum atomic E-state index is -0.383. The molecule has 1 saturated heterocycles. The minimum Gasteiger partial charge on any atom is -0.464 e. The third kappa shape index (κ3) is 5.12. The number of nitrogens with zero attached hydrogens (tertiary/aromatic N) is 4.